The maximum Gasteiger partial charge on any atom is 0.224 e. The topological polar surface area (TPSA) is 49.3 Å². The summed E-state index contributed by atoms with van der Waals surface area (Å²) in [7, 11) is 0. The molecule has 0 heterocycles. The Labute approximate surface area is 127 Å². The first kappa shape index (κ1) is 16.1. The zero-order valence-corrected chi connectivity index (χ0v) is 12.1. The van der Waals surface area contributed by atoms with Gasteiger partial charge >= 0.3 is 0 Å². The third-order valence-electron chi connectivity index (χ3n) is 3.38. The summed E-state index contributed by atoms with van der Waals surface area (Å²) in [5.74, 6) is -1.72. The van der Waals surface area contributed by atoms with Crippen molar-refractivity contribution in [3.8, 4) is 0 Å². The molecule has 5 heteroatoms. The normalized spacial score (nSPS) is 13.5. The highest BCUT2D eigenvalue weighted by Gasteiger charge is 2.23. The van der Waals surface area contributed by atoms with Crippen LogP contribution in [0.5, 0.6) is 0 Å². The van der Waals surface area contributed by atoms with E-state index >= 15 is 0 Å². The fourth-order valence-corrected chi connectivity index (χ4v) is 2.08. The number of hydrogen-bond donors (Lipinski definition) is 2. The molecule has 2 N–H and O–H groups in total. The van der Waals surface area contributed by atoms with Crippen molar-refractivity contribution < 1.29 is 18.7 Å². The van der Waals surface area contributed by atoms with Crippen molar-refractivity contribution in [3.63, 3.8) is 0 Å². The molecule has 22 heavy (non-hydrogen) atoms. The molecule has 0 saturated carbocycles. The lowest BCUT2D eigenvalue weighted by Gasteiger charge is -2.24. The van der Waals surface area contributed by atoms with Gasteiger partial charge in [-0.2, -0.15) is 0 Å². The molecule has 0 radical (unpaired) electrons. The summed E-state index contributed by atoms with van der Waals surface area (Å²) in [5, 5.41) is 12.9. The molecule has 0 bridgehead atoms. The molecule has 1 amide bonds. The van der Waals surface area contributed by atoms with E-state index in [0.717, 1.165) is 18.2 Å². The molecule has 1 unspecified atom stereocenters. The standard InChI is InChI=1S/C17H17F2NO2/c1-17(22,13-5-3-2-4-6-13)11-20-16(21)10-12-9-14(18)7-8-15(12)19/h2-9,22H,10-11H2,1H3,(H,20,21). The molecule has 0 aliphatic rings. The van der Waals surface area contributed by atoms with Crippen LogP contribution in [0, 0.1) is 11.6 Å². The lowest BCUT2D eigenvalue weighted by atomic mass is 9.96. The van der Waals surface area contributed by atoms with Gasteiger partial charge in [0.15, 0.2) is 0 Å². The van der Waals surface area contributed by atoms with E-state index < -0.39 is 23.1 Å². The number of halogens is 2. The van der Waals surface area contributed by atoms with Gasteiger partial charge in [0, 0.05) is 5.56 Å². The van der Waals surface area contributed by atoms with Crippen molar-refractivity contribution in [1.29, 1.82) is 0 Å². The molecule has 2 aromatic carbocycles. The maximum absolute atomic E-state index is 13.5. The number of aliphatic hydroxyl groups is 1. The lowest BCUT2D eigenvalue weighted by molar-refractivity contribution is -0.121. The Morgan fingerprint density at radius 2 is 1.86 bits per heavy atom. The fraction of sp³-hybridized carbons (Fsp3) is 0.235. The van der Waals surface area contributed by atoms with Crippen molar-refractivity contribution in [2.45, 2.75) is 18.9 Å². The Balaban J connectivity index is 1.97. The van der Waals surface area contributed by atoms with Gasteiger partial charge in [-0.3, -0.25) is 4.79 Å². The molecule has 2 aromatic rings. The number of rotatable bonds is 5. The average molecular weight is 305 g/mol. The number of amides is 1. The van der Waals surface area contributed by atoms with Crippen molar-refractivity contribution in [2.75, 3.05) is 6.54 Å². The SMILES string of the molecule is CC(O)(CNC(=O)Cc1cc(F)ccc1F)c1ccccc1. The van der Waals surface area contributed by atoms with Crippen LogP contribution in [0.25, 0.3) is 0 Å². The largest absolute Gasteiger partial charge is 0.384 e. The number of benzene rings is 2. The molecule has 2 rings (SSSR count). The smallest absolute Gasteiger partial charge is 0.224 e. The predicted octanol–water partition coefficient (Wildman–Crippen LogP) is 2.53. The minimum absolute atomic E-state index is 0.0168. The van der Waals surface area contributed by atoms with E-state index in [1.165, 1.54) is 0 Å². The quantitative estimate of drug-likeness (QED) is 0.892. The van der Waals surface area contributed by atoms with Crippen LogP contribution in [0.4, 0.5) is 8.78 Å². The van der Waals surface area contributed by atoms with Crippen LogP contribution in [-0.2, 0) is 16.8 Å². The maximum atomic E-state index is 13.5. The minimum Gasteiger partial charge on any atom is -0.384 e. The summed E-state index contributed by atoms with van der Waals surface area (Å²) in [6.07, 6.45) is -0.283. The molecule has 0 aliphatic carbocycles. The highest BCUT2D eigenvalue weighted by Crippen LogP contribution is 2.19. The summed E-state index contributed by atoms with van der Waals surface area (Å²) in [6, 6.07) is 11.9. The lowest BCUT2D eigenvalue weighted by Crippen LogP contribution is -2.39. The highest BCUT2D eigenvalue weighted by molar-refractivity contribution is 5.78. The molecule has 0 fully saturated rings. The molecular weight excluding hydrogens is 288 g/mol. The zero-order valence-electron chi connectivity index (χ0n) is 12.1. The van der Waals surface area contributed by atoms with E-state index in [9.17, 15) is 18.7 Å². The van der Waals surface area contributed by atoms with E-state index in [1.54, 1.807) is 31.2 Å². The molecule has 0 spiro atoms. The first-order valence-electron chi connectivity index (χ1n) is 6.87. The van der Waals surface area contributed by atoms with Gasteiger partial charge in [-0.15, -0.1) is 0 Å². The summed E-state index contributed by atoms with van der Waals surface area (Å²) < 4.78 is 26.5. The van der Waals surface area contributed by atoms with Crippen LogP contribution in [0.2, 0.25) is 0 Å². The van der Waals surface area contributed by atoms with E-state index in [0.29, 0.717) is 5.56 Å². The third-order valence-corrected chi connectivity index (χ3v) is 3.38. The van der Waals surface area contributed by atoms with Crippen LogP contribution < -0.4 is 5.32 Å². The van der Waals surface area contributed by atoms with Crippen molar-refractivity contribution in [2.24, 2.45) is 0 Å². The van der Waals surface area contributed by atoms with Gasteiger partial charge in [-0.05, 0) is 30.7 Å². The summed E-state index contributed by atoms with van der Waals surface area (Å²) >= 11 is 0. The third kappa shape index (κ3) is 4.11. The molecule has 1 atom stereocenters. The van der Waals surface area contributed by atoms with Gasteiger partial charge in [0.05, 0.1) is 13.0 Å². The van der Waals surface area contributed by atoms with E-state index in [1.807, 2.05) is 6.07 Å². The fourth-order valence-electron chi connectivity index (χ4n) is 2.08. The van der Waals surface area contributed by atoms with Gasteiger partial charge in [-0.1, -0.05) is 30.3 Å². The second-order valence-electron chi connectivity index (χ2n) is 5.33. The van der Waals surface area contributed by atoms with Gasteiger partial charge in [0.1, 0.15) is 17.2 Å². The number of carbonyl (C=O) groups excluding carboxylic acids is 1. The van der Waals surface area contributed by atoms with Crippen molar-refractivity contribution in [3.05, 3.63) is 71.3 Å². The minimum atomic E-state index is -1.24. The van der Waals surface area contributed by atoms with Crippen LogP contribution in [0.15, 0.2) is 48.5 Å². The van der Waals surface area contributed by atoms with Crippen LogP contribution in [0.3, 0.4) is 0 Å². The Kier molecular flexibility index (Phi) is 4.88. The Bertz CT molecular complexity index is 657. The Morgan fingerprint density at radius 3 is 2.55 bits per heavy atom. The second-order valence-corrected chi connectivity index (χ2v) is 5.33. The summed E-state index contributed by atoms with van der Waals surface area (Å²) in [6.45, 7) is 1.55. The van der Waals surface area contributed by atoms with Gasteiger partial charge < -0.3 is 10.4 Å². The van der Waals surface area contributed by atoms with Crippen LogP contribution in [0.1, 0.15) is 18.1 Å². The second kappa shape index (κ2) is 6.66. The Hall–Kier alpha value is -2.27. The molecule has 0 aromatic heterocycles. The average Bonchev–Trinajstić information content (AvgIpc) is 2.50. The highest BCUT2D eigenvalue weighted by atomic mass is 19.1. The first-order valence-corrected chi connectivity index (χ1v) is 6.87. The van der Waals surface area contributed by atoms with Crippen LogP contribution in [-0.4, -0.2) is 17.6 Å². The van der Waals surface area contributed by atoms with Gasteiger partial charge in [-0.25, -0.2) is 8.78 Å². The van der Waals surface area contributed by atoms with Crippen LogP contribution >= 0.6 is 0 Å². The van der Waals surface area contributed by atoms with Crippen molar-refractivity contribution in [1.82, 2.24) is 5.32 Å². The Morgan fingerprint density at radius 1 is 1.18 bits per heavy atom. The molecule has 3 nitrogen and oxygen atoms in total. The van der Waals surface area contributed by atoms with Crippen molar-refractivity contribution >= 4 is 5.91 Å². The summed E-state index contributed by atoms with van der Waals surface area (Å²) in [4.78, 5) is 11.8. The molecule has 0 saturated heterocycles. The zero-order chi connectivity index (χ0) is 16.2. The van der Waals surface area contributed by atoms with E-state index in [2.05, 4.69) is 5.32 Å². The number of nitrogens with one attached hydrogen (secondary N) is 1. The molecule has 116 valence electrons. The first-order chi connectivity index (χ1) is 10.4. The van der Waals surface area contributed by atoms with E-state index in [4.69, 9.17) is 0 Å². The molecule has 0 aliphatic heterocycles. The number of hydrogen-bond acceptors (Lipinski definition) is 2. The summed E-state index contributed by atoms with van der Waals surface area (Å²) in [5.41, 5.74) is -0.596. The predicted molar refractivity (Wildman–Crippen MR) is 79.1 cm³/mol. The number of carbonyl (C=O) groups is 1. The van der Waals surface area contributed by atoms with Gasteiger partial charge in [0.2, 0.25) is 5.91 Å². The van der Waals surface area contributed by atoms with Gasteiger partial charge in [0.25, 0.3) is 0 Å². The molecular formula is C17H17F2NO2. The monoisotopic (exact) mass is 305 g/mol. The van der Waals surface area contributed by atoms with E-state index in [-0.39, 0.29) is 18.5 Å².